The predicted octanol–water partition coefficient (Wildman–Crippen LogP) is 4.78. The van der Waals surface area contributed by atoms with Crippen molar-refractivity contribution in [1.82, 2.24) is 4.90 Å². The van der Waals surface area contributed by atoms with Crippen molar-refractivity contribution in [2.45, 2.75) is 13.0 Å². The first-order valence-electron chi connectivity index (χ1n) is 8.87. The molecule has 2 N–H and O–H groups in total. The lowest BCUT2D eigenvalue weighted by Gasteiger charge is -2.28. The highest BCUT2D eigenvalue weighted by Gasteiger charge is 2.23. The monoisotopic (exact) mass is 395 g/mol. The highest BCUT2D eigenvalue weighted by molar-refractivity contribution is 6.33. The Hall–Kier alpha value is -3.25. The fraction of sp³-hybridized carbons (Fsp3) is 0.143. The number of anilines is 2. The Kier molecular flexibility index (Phi) is 5.04. The third-order valence-corrected chi connectivity index (χ3v) is 4.95. The summed E-state index contributed by atoms with van der Waals surface area (Å²) >= 11 is 6.07. The summed E-state index contributed by atoms with van der Waals surface area (Å²) in [5.41, 5.74) is 3.35. The Labute approximate surface area is 167 Å². The second kappa shape index (κ2) is 7.78. The molecular formula is C21H18ClN3O3. The number of hydrogen-bond acceptors (Lipinski definition) is 3. The number of hydrogen-bond donors (Lipinski definition) is 2. The van der Waals surface area contributed by atoms with Gasteiger partial charge in [-0.2, -0.15) is 0 Å². The minimum Gasteiger partial charge on any atom is -0.459 e. The SMILES string of the molecule is O=C(Nc1ccc2c(c1)CN(C(=O)c1ccco1)CC2)Nc1ccccc1Cl. The molecule has 0 radical (unpaired) electrons. The van der Waals surface area contributed by atoms with Crippen molar-refractivity contribution in [3.63, 3.8) is 0 Å². The third kappa shape index (κ3) is 3.87. The Morgan fingerprint density at radius 2 is 1.86 bits per heavy atom. The minimum absolute atomic E-state index is 0.134. The molecule has 3 amide bonds. The van der Waals surface area contributed by atoms with E-state index in [1.54, 1.807) is 41.3 Å². The molecule has 0 spiro atoms. The zero-order valence-corrected chi connectivity index (χ0v) is 15.7. The number of benzene rings is 2. The zero-order valence-electron chi connectivity index (χ0n) is 14.9. The van der Waals surface area contributed by atoms with Crippen LogP contribution in [-0.4, -0.2) is 23.4 Å². The van der Waals surface area contributed by atoms with Crippen molar-refractivity contribution in [2.24, 2.45) is 0 Å². The van der Waals surface area contributed by atoms with Gasteiger partial charge < -0.3 is 20.0 Å². The summed E-state index contributed by atoms with van der Waals surface area (Å²) in [5.74, 6) is 0.197. The minimum atomic E-state index is -0.382. The number of nitrogens with one attached hydrogen (secondary N) is 2. The van der Waals surface area contributed by atoms with E-state index in [4.69, 9.17) is 16.0 Å². The van der Waals surface area contributed by atoms with Gasteiger partial charge in [0.15, 0.2) is 5.76 Å². The van der Waals surface area contributed by atoms with Crippen LogP contribution in [0.25, 0.3) is 0 Å². The average Bonchev–Trinajstić information content (AvgIpc) is 3.23. The van der Waals surface area contributed by atoms with Crippen LogP contribution in [0.5, 0.6) is 0 Å². The van der Waals surface area contributed by atoms with E-state index in [1.807, 2.05) is 18.2 Å². The number of halogens is 1. The van der Waals surface area contributed by atoms with E-state index in [2.05, 4.69) is 10.6 Å². The van der Waals surface area contributed by atoms with Crippen LogP contribution >= 0.6 is 11.6 Å². The van der Waals surface area contributed by atoms with E-state index in [0.29, 0.717) is 35.2 Å². The summed E-state index contributed by atoms with van der Waals surface area (Å²) in [5, 5.41) is 6.00. The zero-order chi connectivity index (χ0) is 19.5. The highest BCUT2D eigenvalue weighted by Crippen LogP contribution is 2.25. The van der Waals surface area contributed by atoms with Crippen LogP contribution in [0.15, 0.2) is 65.3 Å². The number of furan rings is 1. The number of amides is 3. The molecule has 2 aromatic carbocycles. The van der Waals surface area contributed by atoms with Gasteiger partial charge in [-0.1, -0.05) is 29.8 Å². The van der Waals surface area contributed by atoms with Crippen molar-refractivity contribution in [3.05, 3.63) is 82.8 Å². The van der Waals surface area contributed by atoms with Crippen molar-refractivity contribution in [1.29, 1.82) is 0 Å². The van der Waals surface area contributed by atoms with Crippen molar-refractivity contribution in [2.75, 3.05) is 17.2 Å². The van der Waals surface area contributed by atoms with Gasteiger partial charge in [-0.3, -0.25) is 4.79 Å². The van der Waals surface area contributed by atoms with E-state index in [9.17, 15) is 9.59 Å². The summed E-state index contributed by atoms with van der Waals surface area (Å²) in [6, 6.07) is 15.7. The van der Waals surface area contributed by atoms with E-state index >= 15 is 0 Å². The van der Waals surface area contributed by atoms with Crippen LogP contribution < -0.4 is 10.6 Å². The summed E-state index contributed by atoms with van der Waals surface area (Å²) < 4.78 is 5.21. The number of para-hydroxylation sites is 1. The quantitative estimate of drug-likeness (QED) is 0.670. The van der Waals surface area contributed by atoms with E-state index in [0.717, 1.165) is 12.0 Å². The highest BCUT2D eigenvalue weighted by atomic mass is 35.5. The van der Waals surface area contributed by atoms with Crippen LogP contribution in [0, 0.1) is 0 Å². The number of carbonyl (C=O) groups is 2. The third-order valence-electron chi connectivity index (χ3n) is 4.62. The first-order chi connectivity index (χ1) is 13.6. The van der Waals surface area contributed by atoms with Crippen LogP contribution in [0.4, 0.5) is 16.2 Å². The Morgan fingerprint density at radius 1 is 1.00 bits per heavy atom. The molecule has 7 heteroatoms. The Morgan fingerprint density at radius 3 is 2.64 bits per heavy atom. The molecule has 0 unspecified atom stereocenters. The van der Waals surface area contributed by atoms with Crippen LogP contribution in [-0.2, 0) is 13.0 Å². The van der Waals surface area contributed by atoms with Crippen LogP contribution in [0.1, 0.15) is 21.7 Å². The van der Waals surface area contributed by atoms with E-state index in [-0.39, 0.29) is 11.9 Å². The van der Waals surface area contributed by atoms with Gasteiger partial charge in [0.1, 0.15) is 0 Å². The van der Waals surface area contributed by atoms with E-state index in [1.165, 1.54) is 11.8 Å². The normalized spacial score (nSPS) is 13.0. The number of fused-ring (bicyclic) bond motifs is 1. The number of urea groups is 1. The molecule has 0 saturated heterocycles. The number of nitrogens with zero attached hydrogens (tertiary/aromatic N) is 1. The van der Waals surface area contributed by atoms with E-state index < -0.39 is 0 Å². The van der Waals surface area contributed by atoms with Gasteiger partial charge in [0.05, 0.1) is 17.0 Å². The topological polar surface area (TPSA) is 74.6 Å². The summed E-state index contributed by atoms with van der Waals surface area (Å²) in [7, 11) is 0. The Balaban J connectivity index is 1.45. The lowest BCUT2D eigenvalue weighted by Crippen LogP contribution is -2.35. The Bertz CT molecular complexity index is 1020. The number of rotatable bonds is 3. The molecule has 142 valence electrons. The predicted molar refractivity (Wildman–Crippen MR) is 108 cm³/mol. The molecule has 2 heterocycles. The maximum atomic E-state index is 12.5. The summed E-state index contributed by atoms with van der Waals surface area (Å²) in [6.07, 6.45) is 2.25. The molecule has 0 aliphatic carbocycles. The molecule has 0 atom stereocenters. The van der Waals surface area contributed by atoms with Crippen molar-refractivity contribution >= 4 is 34.9 Å². The maximum Gasteiger partial charge on any atom is 0.323 e. The first kappa shape index (κ1) is 18.1. The molecule has 6 nitrogen and oxygen atoms in total. The molecular weight excluding hydrogens is 378 g/mol. The van der Waals surface area contributed by atoms with Gasteiger partial charge >= 0.3 is 6.03 Å². The van der Waals surface area contributed by atoms with Gasteiger partial charge in [-0.25, -0.2) is 4.79 Å². The van der Waals surface area contributed by atoms with Gasteiger partial charge in [0.25, 0.3) is 5.91 Å². The van der Waals surface area contributed by atoms with Gasteiger partial charge in [0, 0.05) is 18.8 Å². The molecule has 1 aliphatic rings. The smallest absolute Gasteiger partial charge is 0.323 e. The fourth-order valence-corrected chi connectivity index (χ4v) is 3.39. The second-order valence-corrected chi connectivity index (χ2v) is 6.90. The molecule has 4 rings (SSSR count). The second-order valence-electron chi connectivity index (χ2n) is 6.50. The van der Waals surface area contributed by atoms with Gasteiger partial charge in [0.2, 0.25) is 0 Å². The lowest BCUT2D eigenvalue weighted by atomic mass is 9.99. The molecule has 1 aliphatic heterocycles. The van der Waals surface area contributed by atoms with Crippen molar-refractivity contribution < 1.29 is 14.0 Å². The first-order valence-corrected chi connectivity index (χ1v) is 9.25. The van der Waals surface area contributed by atoms with Gasteiger partial charge in [-0.15, -0.1) is 0 Å². The standard InChI is InChI=1S/C21H18ClN3O3/c22-17-4-1-2-5-18(17)24-21(27)23-16-8-7-14-9-10-25(13-15(14)12-16)20(26)19-6-3-11-28-19/h1-8,11-12H,9-10,13H2,(H2,23,24,27). The summed E-state index contributed by atoms with van der Waals surface area (Å²) in [4.78, 5) is 26.5. The lowest BCUT2D eigenvalue weighted by molar-refractivity contribution is 0.0702. The molecule has 0 fully saturated rings. The molecule has 0 saturated carbocycles. The van der Waals surface area contributed by atoms with Crippen molar-refractivity contribution in [3.8, 4) is 0 Å². The largest absolute Gasteiger partial charge is 0.459 e. The van der Waals surface area contributed by atoms with Crippen LogP contribution in [0.3, 0.4) is 0 Å². The van der Waals surface area contributed by atoms with Gasteiger partial charge in [-0.05, 0) is 53.9 Å². The fourth-order valence-electron chi connectivity index (χ4n) is 3.21. The molecule has 1 aromatic heterocycles. The molecule has 28 heavy (non-hydrogen) atoms. The molecule has 3 aromatic rings. The average molecular weight is 396 g/mol. The maximum absolute atomic E-state index is 12.5. The molecule has 0 bridgehead atoms. The van der Waals surface area contributed by atoms with Crippen LogP contribution in [0.2, 0.25) is 5.02 Å². The summed E-state index contributed by atoms with van der Waals surface area (Å²) in [6.45, 7) is 1.10. The number of carbonyl (C=O) groups excluding carboxylic acids is 2.